The topological polar surface area (TPSA) is 29.1 Å². The maximum Gasteiger partial charge on any atom is 0.0507 e. The molecule has 21 heavy (non-hydrogen) atoms. The Kier molecular flexibility index (Phi) is 6.43. The van der Waals surface area contributed by atoms with E-state index >= 15 is 0 Å². The molecule has 2 rings (SSSR count). The zero-order chi connectivity index (χ0) is 15.2. The Hall–Kier alpha value is -0.670. The van der Waals surface area contributed by atoms with Crippen LogP contribution in [-0.4, -0.2) is 27.8 Å². The third-order valence-corrected chi connectivity index (χ3v) is 6.56. The lowest BCUT2D eigenvalue weighted by atomic mass is 9.81. The number of hydrogen-bond donors (Lipinski definition) is 1. The van der Waals surface area contributed by atoms with Crippen LogP contribution >= 0.6 is 0 Å². The molecule has 0 aromatic heterocycles. The van der Waals surface area contributed by atoms with Gasteiger partial charge in [-0.15, -0.1) is 0 Å². The van der Waals surface area contributed by atoms with Gasteiger partial charge in [0, 0.05) is 22.6 Å². The number of nitrogens with one attached hydrogen (secondary N) is 1. The largest absolute Gasteiger partial charge is 0.313 e. The number of rotatable bonds is 6. The van der Waals surface area contributed by atoms with Crippen molar-refractivity contribution in [1.29, 1.82) is 0 Å². The molecule has 0 saturated heterocycles. The molecule has 0 amide bonds. The fourth-order valence-corrected chi connectivity index (χ4v) is 5.35. The van der Waals surface area contributed by atoms with E-state index in [1.165, 1.54) is 12.0 Å². The lowest BCUT2D eigenvalue weighted by molar-refractivity contribution is 0.352. The summed E-state index contributed by atoms with van der Waals surface area (Å²) in [4.78, 5) is 0. The van der Waals surface area contributed by atoms with Gasteiger partial charge in [0.15, 0.2) is 0 Å². The first kappa shape index (κ1) is 16.7. The van der Waals surface area contributed by atoms with Crippen molar-refractivity contribution < 1.29 is 4.21 Å². The van der Waals surface area contributed by atoms with Crippen LogP contribution < -0.4 is 5.32 Å². The van der Waals surface area contributed by atoms with Gasteiger partial charge in [-0.3, -0.25) is 4.21 Å². The van der Waals surface area contributed by atoms with Crippen LogP contribution in [0.15, 0.2) is 30.3 Å². The van der Waals surface area contributed by atoms with Crippen molar-refractivity contribution in [3.05, 3.63) is 35.9 Å². The fraction of sp³-hybridized carbons (Fsp3) is 0.667. The van der Waals surface area contributed by atoms with Gasteiger partial charge in [-0.2, -0.15) is 0 Å². The molecule has 2 nitrogen and oxygen atoms in total. The van der Waals surface area contributed by atoms with Gasteiger partial charge >= 0.3 is 0 Å². The Bertz CT molecular complexity index is 446. The van der Waals surface area contributed by atoms with Crippen molar-refractivity contribution in [3.8, 4) is 0 Å². The summed E-state index contributed by atoms with van der Waals surface area (Å²) in [6.07, 6.45) is 3.40. The van der Waals surface area contributed by atoms with Crippen LogP contribution in [0.3, 0.4) is 0 Å². The van der Waals surface area contributed by atoms with Crippen LogP contribution in [0.1, 0.15) is 51.5 Å². The van der Waals surface area contributed by atoms with Crippen LogP contribution in [0.4, 0.5) is 0 Å². The first-order valence-electron chi connectivity index (χ1n) is 8.27. The molecular weight excluding hydrogens is 278 g/mol. The molecule has 0 radical (unpaired) electrons. The van der Waals surface area contributed by atoms with Gasteiger partial charge in [0.05, 0.1) is 5.25 Å². The molecular formula is C18H29NOS. The van der Waals surface area contributed by atoms with Crippen molar-refractivity contribution in [1.82, 2.24) is 5.32 Å². The SMILES string of the molecule is CCNC1CCC(c2ccccc2)CC1S(=O)CC(C)C. The predicted molar refractivity (Wildman–Crippen MR) is 92.1 cm³/mol. The van der Waals surface area contributed by atoms with Gasteiger partial charge in [-0.25, -0.2) is 0 Å². The smallest absolute Gasteiger partial charge is 0.0507 e. The molecule has 1 saturated carbocycles. The predicted octanol–water partition coefficient (Wildman–Crippen LogP) is 3.71. The minimum Gasteiger partial charge on any atom is -0.313 e. The zero-order valence-electron chi connectivity index (χ0n) is 13.5. The fourth-order valence-electron chi connectivity index (χ4n) is 3.40. The van der Waals surface area contributed by atoms with E-state index in [2.05, 4.69) is 56.4 Å². The second-order valence-corrected chi connectivity index (χ2v) is 8.26. The van der Waals surface area contributed by atoms with Crippen LogP contribution in [0.5, 0.6) is 0 Å². The van der Waals surface area contributed by atoms with E-state index in [1.54, 1.807) is 0 Å². The van der Waals surface area contributed by atoms with Gasteiger partial charge in [0.25, 0.3) is 0 Å². The van der Waals surface area contributed by atoms with Crippen LogP contribution in [-0.2, 0) is 10.8 Å². The Morgan fingerprint density at radius 1 is 1.24 bits per heavy atom. The molecule has 1 aromatic carbocycles. The minimum absolute atomic E-state index is 0.298. The maximum atomic E-state index is 12.7. The lowest BCUT2D eigenvalue weighted by Crippen LogP contribution is -2.46. The number of hydrogen-bond acceptors (Lipinski definition) is 2. The average molecular weight is 308 g/mol. The number of benzene rings is 1. The van der Waals surface area contributed by atoms with Crippen molar-refractivity contribution in [2.45, 2.75) is 57.2 Å². The lowest BCUT2D eigenvalue weighted by Gasteiger charge is -2.36. The summed E-state index contributed by atoms with van der Waals surface area (Å²) in [6.45, 7) is 7.44. The highest BCUT2D eigenvalue weighted by Crippen LogP contribution is 2.35. The molecule has 4 unspecified atom stereocenters. The van der Waals surface area contributed by atoms with Crippen molar-refractivity contribution in [2.75, 3.05) is 12.3 Å². The molecule has 1 aliphatic carbocycles. The van der Waals surface area contributed by atoms with Gasteiger partial charge in [0.1, 0.15) is 0 Å². The van der Waals surface area contributed by atoms with Crippen LogP contribution in [0.2, 0.25) is 0 Å². The molecule has 0 bridgehead atoms. The molecule has 0 heterocycles. The molecule has 0 aliphatic heterocycles. The Morgan fingerprint density at radius 3 is 2.57 bits per heavy atom. The summed E-state index contributed by atoms with van der Waals surface area (Å²) >= 11 is 0. The summed E-state index contributed by atoms with van der Waals surface area (Å²) in [7, 11) is -0.725. The summed E-state index contributed by atoms with van der Waals surface area (Å²) in [5, 5.41) is 3.87. The van der Waals surface area contributed by atoms with E-state index in [1.807, 2.05) is 0 Å². The summed E-state index contributed by atoms with van der Waals surface area (Å²) < 4.78 is 12.7. The molecule has 1 N–H and O–H groups in total. The molecule has 1 aromatic rings. The molecule has 0 spiro atoms. The van der Waals surface area contributed by atoms with E-state index in [0.717, 1.165) is 25.1 Å². The van der Waals surface area contributed by atoms with E-state index in [0.29, 0.717) is 23.1 Å². The third kappa shape index (κ3) is 4.65. The van der Waals surface area contributed by atoms with Crippen LogP contribution in [0.25, 0.3) is 0 Å². The summed E-state index contributed by atoms with van der Waals surface area (Å²) in [5.74, 6) is 1.90. The van der Waals surface area contributed by atoms with E-state index in [-0.39, 0.29) is 0 Å². The highest BCUT2D eigenvalue weighted by Gasteiger charge is 2.34. The zero-order valence-corrected chi connectivity index (χ0v) is 14.4. The maximum absolute atomic E-state index is 12.7. The molecule has 118 valence electrons. The standard InChI is InChI=1S/C18H29NOS/c1-4-19-17-11-10-16(15-8-6-5-7-9-15)12-18(17)21(20)13-14(2)3/h5-9,14,16-19H,4,10-13H2,1-3H3. The Balaban J connectivity index is 2.10. The monoisotopic (exact) mass is 307 g/mol. The van der Waals surface area contributed by atoms with Gasteiger partial charge in [0.2, 0.25) is 0 Å². The summed E-state index contributed by atoms with van der Waals surface area (Å²) in [5.41, 5.74) is 1.42. The highest BCUT2D eigenvalue weighted by atomic mass is 32.2. The molecule has 1 fully saturated rings. The van der Waals surface area contributed by atoms with E-state index in [4.69, 9.17) is 0 Å². The van der Waals surface area contributed by atoms with E-state index < -0.39 is 10.8 Å². The van der Waals surface area contributed by atoms with Gasteiger partial charge in [-0.1, -0.05) is 51.1 Å². The first-order chi connectivity index (χ1) is 10.1. The van der Waals surface area contributed by atoms with Crippen molar-refractivity contribution in [3.63, 3.8) is 0 Å². The minimum atomic E-state index is -0.725. The average Bonchev–Trinajstić information content (AvgIpc) is 2.48. The Morgan fingerprint density at radius 2 is 1.95 bits per heavy atom. The molecule has 3 heteroatoms. The van der Waals surface area contributed by atoms with Gasteiger partial charge in [-0.05, 0) is 43.2 Å². The summed E-state index contributed by atoms with van der Waals surface area (Å²) in [6, 6.07) is 11.2. The van der Waals surface area contributed by atoms with Crippen LogP contribution in [0, 0.1) is 5.92 Å². The van der Waals surface area contributed by atoms with E-state index in [9.17, 15) is 4.21 Å². The van der Waals surface area contributed by atoms with Crippen molar-refractivity contribution in [2.24, 2.45) is 5.92 Å². The second-order valence-electron chi connectivity index (χ2n) is 6.56. The Labute approximate surface area is 132 Å². The third-order valence-electron chi connectivity index (χ3n) is 4.36. The normalized spacial score (nSPS) is 27.7. The highest BCUT2D eigenvalue weighted by molar-refractivity contribution is 7.85. The first-order valence-corrected chi connectivity index (χ1v) is 9.65. The van der Waals surface area contributed by atoms with Crippen molar-refractivity contribution >= 4 is 10.8 Å². The molecule has 1 aliphatic rings. The van der Waals surface area contributed by atoms with Gasteiger partial charge < -0.3 is 5.32 Å². The second kappa shape index (κ2) is 8.09. The molecule has 4 atom stereocenters. The quantitative estimate of drug-likeness (QED) is 0.868.